The standard InChI is InChI=1S/C19H26N2O/c22-19(10-3-1-4-11-19)12-7-15-21-14-5-2-9-18(21)17-8-6-13-20-16-17/h6,8,13,16,18,22H,1-5,9-11,14-15H2/p+1/t18-/m1/s1. The number of nitrogens with zero attached hydrogens (tertiary/aromatic N) is 1. The Morgan fingerprint density at radius 1 is 1.23 bits per heavy atom. The van der Waals surface area contributed by atoms with E-state index in [2.05, 4.69) is 22.9 Å². The van der Waals surface area contributed by atoms with E-state index in [1.807, 2.05) is 18.5 Å². The second-order valence-electron chi connectivity index (χ2n) is 6.81. The normalized spacial score (nSPS) is 27.7. The van der Waals surface area contributed by atoms with Crippen molar-refractivity contribution in [3.63, 3.8) is 0 Å². The lowest BCUT2D eigenvalue weighted by Crippen LogP contribution is -3.13. The van der Waals surface area contributed by atoms with Crippen molar-refractivity contribution in [1.82, 2.24) is 4.98 Å². The average Bonchev–Trinajstić information content (AvgIpc) is 2.57. The molecule has 1 aliphatic carbocycles. The smallest absolute Gasteiger partial charge is 0.139 e. The van der Waals surface area contributed by atoms with Crippen LogP contribution in [0.25, 0.3) is 0 Å². The van der Waals surface area contributed by atoms with E-state index in [1.165, 1.54) is 42.7 Å². The highest BCUT2D eigenvalue weighted by Gasteiger charge is 2.28. The van der Waals surface area contributed by atoms with Crippen LogP contribution in [0.15, 0.2) is 24.5 Å². The predicted octanol–water partition coefficient (Wildman–Crippen LogP) is 1.89. The quantitative estimate of drug-likeness (QED) is 0.819. The minimum atomic E-state index is -0.711. The summed E-state index contributed by atoms with van der Waals surface area (Å²) < 4.78 is 0. The third-order valence-electron chi connectivity index (χ3n) is 5.14. The monoisotopic (exact) mass is 299 g/mol. The fourth-order valence-electron chi connectivity index (χ4n) is 3.86. The Kier molecular flexibility index (Phi) is 5.12. The van der Waals surface area contributed by atoms with Crippen molar-refractivity contribution in [3.05, 3.63) is 30.1 Å². The van der Waals surface area contributed by atoms with Gasteiger partial charge in [0.05, 0.1) is 6.54 Å². The van der Waals surface area contributed by atoms with E-state index in [0.717, 1.165) is 32.2 Å². The maximum Gasteiger partial charge on any atom is 0.139 e. The second kappa shape index (κ2) is 7.26. The predicted molar refractivity (Wildman–Crippen MR) is 87.3 cm³/mol. The van der Waals surface area contributed by atoms with E-state index in [-0.39, 0.29) is 0 Å². The first-order chi connectivity index (χ1) is 10.8. The van der Waals surface area contributed by atoms with Crippen LogP contribution in [0.3, 0.4) is 0 Å². The lowest BCUT2D eigenvalue weighted by molar-refractivity contribution is -0.930. The zero-order valence-corrected chi connectivity index (χ0v) is 13.4. The molecule has 3 heteroatoms. The van der Waals surface area contributed by atoms with E-state index in [9.17, 15) is 5.11 Å². The molecular weight excluding hydrogens is 272 g/mol. The first kappa shape index (κ1) is 15.5. The Balaban J connectivity index is 1.65. The average molecular weight is 299 g/mol. The molecule has 2 heterocycles. The summed E-state index contributed by atoms with van der Waals surface area (Å²) in [7, 11) is 0. The van der Waals surface area contributed by atoms with Crippen LogP contribution in [0, 0.1) is 11.8 Å². The van der Waals surface area contributed by atoms with E-state index in [0.29, 0.717) is 6.04 Å². The van der Waals surface area contributed by atoms with Crippen molar-refractivity contribution in [2.24, 2.45) is 0 Å². The first-order valence-electron chi connectivity index (χ1n) is 8.74. The molecule has 2 fully saturated rings. The molecule has 0 spiro atoms. The summed E-state index contributed by atoms with van der Waals surface area (Å²) in [4.78, 5) is 5.80. The molecule has 0 bridgehead atoms. The van der Waals surface area contributed by atoms with Crippen LogP contribution >= 0.6 is 0 Å². The molecule has 118 valence electrons. The van der Waals surface area contributed by atoms with Gasteiger partial charge < -0.3 is 10.0 Å². The van der Waals surface area contributed by atoms with E-state index in [4.69, 9.17) is 0 Å². The van der Waals surface area contributed by atoms with Crippen LogP contribution in [0.4, 0.5) is 0 Å². The van der Waals surface area contributed by atoms with Gasteiger partial charge >= 0.3 is 0 Å². The van der Waals surface area contributed by atoms with Gasteiger partial charge in [0.2, 0.25) is 0 Å². The Morgan fingerprint density at radius 2 is 2.09 bits per heavy atom. The SMILES string of the molecule is OC1(C#CC[NH+]2CCCC[C@@H]2c2cccnc2)CCCCC1. The van der Waals surface area contributed by atoms with Gasteiger partial charge in [-0.05, 0) is 50.5 Å². The number of aromatic nitrogens is 1. The zero-order chi connectivity index (χ0) is 15.3. The van der Waals surface area contributed by atoms with Gasteiger partial charge in [0, 0.05) is 24.4 Å². The third kappa shape index (κ3) is 3.88. The number of quaternary nitrogens is 1. The molecule has 1 aromatic rings. The molecule has 0 amide bonds. The van der Waals surface area contributed by atoms with Crippen molar-refractivity contribution in [1.29, 1.82) is 0 Å². The summed E-state index contributed by atoms with van der Waals surface area (Å²) in [6.07, 6.45) is 12.8. The van der Waals surface area contributed by atoms with Gasteiger partial charge in [0.15, 0.2) is 0 Å². The Bertz CT molecular complexity index is 525. The number of pyridine rings is 1. The highest BCUT2D eigenvalue weighted by atomic mass is 16.3. The van der Waals surface area contributed by atoms with Gasteiger partial charge in [-0.25, -0.2) is 0 Å². The Labute approximate surface area is 133 Å². The molecule has 1 unspecified atom stereocenters. The van der Waals surface area contributed by atoms with Gasteiger partial charge in [0.1, 0.15) is 18.2 Å². The lowest BCUT2D eigenvalue weighted by atomic mass is 9.85. The zero-order valence-electron chi connectivity index (χ0n) is 13.4. The van der Waals surface area contributed by atoms with Crippen molar-refractivity contribution in [2.45, 2.75) is 63.0 Å². The Morgan fingerprint density at radius 3 is 2.86 bits per heavy atom. The van der Waals surface area contributed by atoms with Crippen LogP contribution in [0.5, 0.6) is 0 Å². The molecule has 3 nitrogen and oxygen atoms in total. The number of aliphatic hydroxyl groups is 1. The van der Waals surface area contributed by atoms with Gasteiger partial charge in [-0.1, -0.05) is 18.4 Å². The number of nitrogens with one attached hydrogen (secondary N) is 1. The maximum absolute atomic E-state index is 10.5. The Hall–Kier alpha value is -1.37. The van der Waals surface area contributed by atoms with Gasteiger partial charge in [0.25, 0.3) is 0 Å². The second-order valence-corrected chi connectivity index (χ2v) is 6.81. The van der Waals surface area contributed by atoms with Gasteiger partial charge in [-0.3, -0.25) is 4.98 Å². The molecule has 3 rings (SSSR count). The van der Waals surface area contributed by atoms with Crippen LogP contribution in [0.2, 0.25) is 0 Å². The van der Waals surface area contributed by atoms with Crippen molar-refractivity contribution < 1.29 is 10.0 Å². The first-order valence-corrected chi connectivity index (χ1v) is 8.74. The number of likely N-dealkylation sites (tertiary alicyclic amines) is 1. The molecule has 2 atom stereocenters. The van der Waals surface area contributed by atoms with Crippen LogP contribution in [-0.4, -0.2) is 28.8 Å². The molecule has 1 saturated carbocycles. The molecule has 1 aromatic heterocycles. The number of hydrogen-bond donors (Lipinski definition) is 2. The summed E-state index contributed by atoms with van der Waals surface area (Å²) >= 11 is 0. The van der Waals surface area contributed by atoms with Crippen molar-refractivity contribution in [3.8, 4) is 11.8 Å². The van der Waals surface area contributed by atoms with Crippen LogP contribution in [0.1, 0.15) is 63.0 Å². The minimum absolute atomic E-state index is 0.512. The third-order valence-corrected chi connectivity index (χ3v) is 5.14. The van der Waals surface area contributed by atoms with Gasteiger partial charge in [-0.15, -0.1) is 0 Å². The molecule has 0 aromatic carbocycles. The molecule has 1 saturated heterocycles. The maximum atomic E-state index is 10.5. The van der Waals surface area contributed by atoms with E-state index >= 15 is 0 Å². The van der Waals surface area contributed by atoms with Crippen LogP contribution in [-0.2, 0) is 0 Å². The number of hydrogen-bond acceptors (Lipinski definition) is 2. The molecule has 2 N–H and O–H groups in total. The van der Waals surface area contributed by atoms with Crippen molar-refractivity contribution in [2.75, 3.05) is 13.1 Å². The van der Waals surface area contributed by atoms with Crippen LogP contribution < -0.4 is 4.90 Å². The molecule has 0 radical (unpaired) electrons. The molecular formula is C19H27N2O+. The topological polar surface area (TPSA) is 37.6 Å². The fraction of sp³-hybridized carbons (Fsp3) is 0.632. The molecule has 22 heavy (non-hydrogen) atoms. The van der Waals surface area contributed by atoms with Crippen molar-refractivity contribution >= 4 is 0 Å². The number of piperidine rings is 1. The summed E-state index contributed by atoms with van der Waals surface area (Å²) in [5.74, 6) is 6.49. The van der Waals surface area contributed by atoms with E-state index in [1.54, 1.807) is 0 Å². The lowest BCUT2D eigenvalue weighted by Gasteiger charge is -2.31. The fourth-order valence-corrected chi connectivity index (χ4v) is 3.86. The number of rotatable bonds is 2. The molecule has 1 aliphatic heterocycles. The summed E-state index contributed by atoms with van der Waals surface area (Å²) in [5, 5.41) is 10.5. The minimum Gasteiger partial charge on any atom is -0.378 e. The van der Waals surface area contributed by atoms with Gasteiger partial charge in [-0.2, -0.15) is 0 Å². The summed E-state index contributed by atoms with van der Waals surface area (Å²) in [6, 6.07) is 4.72. The summed E-state index contributed by atoms with van der Waals surface area (Å²) in [6.45, 7) is 2.01. The van der Waals surface area contributed by atoms with E-state index < -0.39 is 5.60 Å². The molecule has 2 aliphatic rings. The largest absolute Gasteiger partial charge is 0.378 e. The highest BCUT2D eigenvalue weighted by Crippen LogP contribution is 2.27. The highest BCUT2D eigenvalue weighted by molar-refractivity contribution is 5.15. The summed E-state index contributed by atoms with van der Waals surface area (Å²) in [5.41, 5.74) is 0.618.